The lowest BCUT2D eigenvalue weighted by Crippen LogP contribution is -2.40. The molecular formula is C18H19N5O4. The topological polar surface area (TPSA) is 139 Å². The van der Waals surface area contributed by atoms with Crippen molar-refractivity contribution in [1.82, 2.24) is 14.9 Å². The minimum Gasteiger partial charge on any atom is -0.465 e. The minimum atomic E-state index is -0.956. The zero-order valence-corrected chi connectivity index (χ0v) is 14.5. The number of hydrogen-bond donors (Lipinski definition) is 3. The molecule has 0 spiro atoms. The predicted octanol–water partition coefficient (Wildman–Crippen LogP) is 1.57. The number of rotatable bonds is 4. The highest BCUT2D eigenvalue weighted by molar-refractivity contribution is 5.94. The lowest BCUT2D eigenvalue weighted by atomic mass is 9.96. The van der Waals surface area contributed by atoms with E-state index in [2.05, 4.69) is 15.3 Å². The smallest absolute Gasteiger partial charge is 0.407 e. The third-order valence-corrected chi connectivity index (χ3v) is 4.47. The van der Waals surface area contributed by atoms with E-state index < -0.39 is 12.0 Å². The van der Waals surface area contributed by atoms with E-state index in [0.717, 1.165) is 0 Å². The summed E-state index contributed by atoms with van der Waals surface area (Å²) in [6, 6.07) is 6.47. The molecule has 140 valence electrons. The van der Waals surface area contributed by atoms with Crippen LogP contribution in [0.1, 0.15) is 23.2 Å². The Morgan fingerprint density at radius 1 is 1.11 bits per heavy atom. The highest BCUT2D eigenvalue weighted by Gasteiger charge is 2.27. The summed E-state index contributed by atoms with van der Waals surface area (Å²) in [5.74, 6) is -0.922. The lowest BCUT2D eigenvalue weighted by molar-refractivity contribution is -0.121. The van der Waals surface area contributed by atoms with Crippen molar-refractivity contribution in [2.45, 2.75) is 12.8 Å². The molecule has 3 rings (SSSR count). The number of primary amides is 1. The summed E-state index contributed by atoms with van der Waals surface area (Å²) in [4.78, 5) is 44.3. The molecule has 0 radical (unpaired) electrons. The third-order valence-electron chi connectivity index (χ3n) is 4.47. The average molecular weight is 369 g/mol. The molecule has 0 unspecified atom stereocenters. The van der Waals surface area contributed by atoms with Crippen LogP contribution in [-0.2, 0) is 4.79 Å². The van der Waals surface area contributed by atoms with Crippen molar-refractivity contribution in [2.75, 3.05) is 18.4 Å². The predicted molar refractivity (Wildman–Crippen MR) is 96.9 cm³/mol. The maximum atomic E-state index is 12.4. The van der Waals surface area contributed by atoms with Crippen molar-refractivity contribution in [3.63, 3.8) is 0 Å². The Labute approximate surface area is 155 Å². The van der Waals surface area contributed by atoms with Gasteiger partial charge >= 0.3 is 6.09 Å². The molecule has 2 aromatic rings. The number of amides is 3. The second kappa shape index (κ2) is 7.81. The van der Waals surface area contributed by atoms with E-state index in [9.17, 15) is 14.4 Å². The van der Waals surface area contributed by atoms with Crippen LogP contribution in [0.2, 0.25) is 0 Å². The Bertz CT molecular complexity index is 860. The Balaban J connectivity index is 1.62. The molecule has 2 aromatic heterocycles. The quantitative estimate of drug-likeness (QED) is 0.748. The van der Waals surface area contributed by atoms with Crippen molar-refractivity contribution >= 4 is 23.6 Å². The molecule has 1 fully saturated rings. The highest BCUT2D eigenvalue weighted by atomic mass is 16.4. The fourth-order valence-corrected chi connectivity index (χ4v) is 2.92. The SMILES string of the molecule is NC(=O)c1ccnc(-c2ccc(NC(=O)C3CCN(C(=O)O)CC3)cn2)c1. The maximum Gasteiger partial charge on any atom is 0.407 e. The molecular weight excluding hydrogens is 350 g/mol. The van der Waals surface area contributed by atoms with Crippen molar-refractivity contribution in [2.24, 2.45) is 11.7 Å². The molecule has 9 heteroatoms. The fourth-order valence-electron chi connectivity index (χ4n) is 2.92. The number of carbonyl (C=O) groups excluding carboxylic acids is 2. The van der Waals surface area contributed by atoms with Crippen LogP contribution in [0.4, 0.5) is 10.5 Å². The molecule has 1 saturated heterocycles. The van der Waals surface area contributed by atoms with Crippen molar-refractivity contribution in [3.8, 4) is 11.4 Å². The number of likely N-dealkylation sites (tertiary alicyclic amines) is 1. The van der Waals surface area contributed by atoms with Crippen LogP contribution in [0.5, 0.6) is 0 Å². The second-order valence-corrected chi connectivity index (χ2v) is 6.26. The summed E-state index contributed by atoms with van der Waals surface area (Å²) in [5.41, 5.74) is 7.19. The zero-order chi connectivity index (χ0) is 19.4. The van der Waals surface area contributed by atoms with Gasteiger partial charge in [0.1, 0.15) is 0 Å². The van der Waals surface area contributed by atoms with Gasteiger partial charge in [0.2, 0.25) is 11.8 Å². The van der Waals surface area contributed by atoms with Gasteiger partial charge in [-0.15, -0.1) is 0 Å². The first-order valence-electron chi connectivity index (χ1n) is 8.45. The van der Waals surface area contributed by atoms with Gasteiger partial charge in [0.25, 0.3) is 0 Å². The molecule has 0 aliphatic carbocycles. The number of nitrogens with one attached hydrogen (secondary N) is 1. The van der Waals surface area contributed by atoms with Crippen LogP contribution in [0.25, 0.3) is 11.4 Å². The number of nitrogens with zero attached hydrogens (tertiary/aromatic N) is 3. The van der Waals surface area contributed by atoms with Gasteiger partial charge in [0.15, 0.2) is 0 Å². The molecule has 9 nitrogen and oxygen atoms in total. The van der Waals surface area contributed by atoms with Crippen molar-refractivity contribution in [3.05, 3.63) is 42.2 Å². The maximum absolute atomic E-state index is 12.4. The van der Waals surface area contributed by atoms with Gasteiger partial charge in [0.05, 0.1) is 23.3 Å². The van der Waals surface area contributed by atoms with Gasteiger partial charge in [-0.3, -0.25) is 19.6 Å². The third kappa shape index (κ3) is 4.38. The van der Waals surface area contributed by atoms with Crippen LogP contribution < -0.4 is 11.1 Å². The molecule has 0 saturated carbocycles. The van der Waals surface area contributed by atoms with Crippen LogP contribution in [0, 0.1) is 5.92 Å². The van der Waals surface area contributed by atoms with Crippen LogP contribution in [0.3, 0.4) is 0 Å². The Hall–Kier alpha value is -3.49. The molecule has 4 N–H and O–H groups in total. The molecule has 3 heterocycles. The highest BCUT2D eigenvalue weighted by Crippen LogP contribution is 2.21. The number of nitrogens with two attached hydrogens (primary N) is 1. The first kappa shape index (κ1) is 18.3. The standard InChI is InChI=1S/C18H19N5O4/c19-16(24)12-3-6-20-15(9-12)14-2-1-13(10-21-14)22-17(25)11-4-7-23(8-5-11)18(26)27/h1-3,6,9-11H,4-5,7-8H2,(H2,19,24)(H,22,25)(H,26,27). The number of aromatic nitrogens is 2. The number of carboxylic acid groups (broad SMARTS) is 1. The first-order valence-corrected chi connectivity index (χ1v) is 8.45. The van der Waals surface area contributed by atoms with Crippen LogP contribution >= 0.6 is 0 Å². The summed E-state index contributed by atoms with van der Waals surface area (Å²) in [6.45, 7) is 0.707. The summed E-state index contributed by atoms with van der Waals surface area (Å²) in [5, 5.41) is 11.8. The van der Waals surface area contributed by atoms with Gasteiger partial charge in [-0.25, -0.2) is 4.79 Å². The van der Waals surface area contributed by atoms with E-state index in [1.807, 2.05) is 0 Å². The Morgan fingerprint density at radius 3 is 2.44 bits per heavy atom. The minimum absolute atomic E-state index is 0.150. The lowest BCUT2D eigenvalue weighted by Gasteiger charge is -2.29. The Morgan fingerprint density at radius 2 is 1.85 bits per heavy atom. The number of anilines is 1. The number of carbonyl (C=O) groups is 3. The monoisotopic (exact) mass is 369 g/mol. The fraction of sp³-hybridized carbons (Fsp3) is 0.278. The molecule has 1 aliphatic heterocycles. The first-order chi connectivity index (χ1) is 12.9. The number of hydrogen-bond acceptors (Lipinski definition) is 5. The number of piperidine rings is 1. The van der Waals surface area contributed by atoms with E-state index in [1.165, 1.54) is 23.4 Å². The van der Waals surface area contributed by atoms with Gasteiger partial charge < -0.3 is 21.1 Å². The van der Waals surface area contributed by atoms with E-state index in [4.69, 9.17) is 10.8 Å². The van der Waals surface area contributed by atoms with Gasteiger partial charge in [-0.2, -0.15) is 0 Å². The van der Waals surface area contributed by atoms with Crippen molar-refractivity contribution < 1.29 is 19.5 Å². The van der Waals surface area contributed by atoms with Gasteiger partial charge in [0, 0.05) is 30.8 Å². The van der Waals surface area contributed by atoms with Gasteiger partial charge in [-0.05, 0) is 37.1 Å². The summed E-state index contributed by atoms with van der Waals surface area (Å²) in [7, 11) is 0. The van der Waals surface area contributed by atoms with E-state index in [1.54, 1.807) is 18.2 Å². The second-order valence-electron chi connectivity index (χ2n) is 6.26. The van der Waals surface area contributed by atoms with Crippen molar-refractivity contribution in [1.29, 1.82) is 0 Å². The molecule has 27 heavy (non-hydrogen) atoms. The normalized spacial score (nSPS) is 14.6. The van der Waals surface area contributed by atoms with E-state index in [0.29, 0.717) is 48.6 Å². The Kier molecular flexibility index (Phi) is 5.30. The molecule has 0 bridgehead atoms. The van der Waals surface area contributed by atoms with E-state index in [-0.39, 0.29) is 11.8 Å². The largest absolute Gasteiger partial charge is 0.465 e. The van der Waals surface area contributed by atoms with Crippen LogP contribution in [0.15, 0.2) is 36.7 Å². The molecule has 0 atom stereocenters. The van der Waals surface area contributed by atoms with E-state index >= 15 is 0 Å². The molecule has 3 amide bonds. The van der Waals surface area contributed by atoms with Gasteiger partial charge in [-0.1, -0.05) is 0 Å². The average Bonchev–Trinajstić information content (AvgIpc) is 2.68. The zero-order valence-electron chi connectivity index (χ0n) is 14.5. The molecule has 0 aromatic carbocycles. The molecule has 1 aliphatic rings. The number of pyridine rings is 2. The summed E-state index contributed by atoms with van der Waals surface area (Å²) in [6.07, 6.45) is 3.03. The summed E-state index contributed by atoms with van der Waals surface area (Å²) >= 11 is 0. The summed E-state index contributed by atoms with van der Waals surface area (Å²) < 4.78 is 0. The van der Waals surface area contributed by atoms with Crippen LogP contribution in [-0.4, -0.2) is 51.0 Å².